The zero-order valence-electron chi connectivity index (χ0n) is 14.1. The van der Waals surface area contributed by atoms with E-state index in [2.05, 4.69) is 15.5 Å². The molecule has 2 fully saturated rings. The molecule has 1 saturated heterocycles. The van der Waals surface area contributed by atoms with Crippen LogP contribution in [0.1, 0.15) is 58.8 Å². The lowest BCUT2D eigenvalue weighted by Gasteiger charge is -2.27. The predicted molar refractivity (Wildman–Crippen MR) is 87.3 cm³/mol. The normalized spacial score (nSPS) is 25.8. The van der Waals surface area contributed by atoms with E-state index in [0.29, 0.717) is 5.92 Å². The van der Waals surface area contributed by atoms with E-state index in [9.17, 15) is 4.79 Å². The molecule has 0 radical (unpaired) electrons. The molecular formula is C17H33N3O. The molecule has 1 aliphatic carbocycles. The van der Waals surface area contributed by atoms with Crippen LogP contribution in [-0.4, -0.2) is 49.1 Å². The van der Waals surface area contributed by atoms with Crippen LogP contribution in [0.2, 0.25) is 0 Å². The third-order valence-electron chi connectivity index (χ3n) is 5.40. The van der Waals surface area contributed by atoms with Gasteiger partial charge in [-0.15, -0.1) is 0 Å². The van der Waals surface area contributed by atoms with Crippen LogP contribution in [0, 0.1) is 5.92 Å². The molecule has 21 heavy (non-hydrogen) atoms. The van der Waals surface area contributed by atoms with Crippen LogP contribution in [0.3, 0.4) is 0 Å². The van der Waals surface area contributed by atoms with E-state index in [-0.39, 0.29) is 5.91 Å². The van der Waals surface area contributed by atoms with Crippen LogP contribution in [0.15, 0.2) is 0 Å². The van der Waals surface area contributed by atoms with Crippen molar-refractivity contribution in [2.75, 3.05) is 26.7 Å². The van der Waals surface area contributed by atoms with E-state index in [1.165, 1.54) is 58.0 Å². The number of nitrogens with one attached hydrogen (secondary N) is 2. The number of carbonyl (C=O) groups excluding carboxylic acids is 1. The molecule has 1 saturated carbocycles. The molecule has 0 spiro atoms. The van der Waals surface area contributed by atoms with Crippen molar-refractivity contribution < 1.29 is 4.79 Å². The fourth-order valence-corrected chi connectivity index (χ4v) is 3.56. The first-order valence-corrected chi connectivity index (χ1v) is 8.74. The van der Waals surface area contributed by atoms with Crippen LogP contribution >= 0.6 is 0 Å². The van der Waals surface area contributed by atoms with Gasteiger partial charge in [0.05, 0.1) is 5.54 Å². The van der Waals surface area contributed by atoms with Crippen molar-refractivity contribution in [2.24, 2.45) is 5.92 Å². The fraction of sp³-hybridized carbons (Fsp3) is 0.941. The number of carbonyl (C=O) groups is 1. The summed E-state index contributed by atoms with van der Waals surface area (Å²) in [6, 6.07) is 0.807. The van der Waals surface area contributed by atoms with E-state index >= 15 is 0 Å². The Bertz CT molecular complexity index is 335. The first-order chi connectivity index (χ1) is 10.0. The average molecular weight is 295 g/mol. The highest BCUT2D eigenvalue weighted by Crippen LogP contribution is 2.26. The third kappa shape index (κ3) is 4.68. The summed E-state index contributed by atoms with van der Waals surface area (Å²) in [5, 5.41) is 6.18. The average Bonchev–Trinajstić information content (AvgIpc) is 2.78. The molecule has 0 aromatic rings. The Morgan fingerprint density at radius 3 is 2.43 bits per heavy atom. The minimum atomic E-state index is -0.473. The quantitative estimate of drug-likeness (QED) is 0.764. The number of likely N-dealkylation sites (N-methyl/N-ethyl adjacent to an activating group) is 1. The van der Waals surface area contributed by atoms with E-state index in [1.54, 1.807) is 0 Å². The lowest BCUT2D eigenvalue weighted by molar-refractivity contribution is -0.126. The molecule has 4 nitrogen and oxygen atoms in total. The second-order valence-electron chi connectivity index (χ2n) is 7.38. The van der Waals surface area contributed by atoms with Crippen molar-refractivity contribution in [2.45, 2.75) is 70.4 Å². The lowest BCUT2D eigenvalue weighted by atomic mass is 10.0. The molecule has 0 aromatic carbocycles. The highest BCUT2D eigenvalue weighted by molar-refractivity contribution is 5.85. The van der Waals surface area contributed by atoms with Crippen LogP contribution in [-0.2, 0) is 4.79 Å². The van der Waals surface area contributed by atoms with Gasteiger partial charge in [0.25, 0.3) is 0 Å². The summed E-state index contributed by atoms with van der Waals surface area (Å²) in [5.41, 5.74) is -0.473. The minimum Gasteiger partial charge on any atom is -0.354 e. The summed E-state index contributed by atoms with van der Waals surface area (Å²) >= 11 is 0. The lowest BCUT2D eigenvalue weighted by Crippen LogP contribution is -2.52. The van der Waals surface area contributed by atoms with Crippen LogP contribution in [0.4, 0.5) is 0 Å². The number of nitrogens with zero attached hydrogens (tertiary/aromatic N) is 1. The molecule has 122 valence electrons. The van der Waals surface area contributed by atoms with Gasteiger partial charge in [0.2, 0.25) is 5.91 Å². The maximum absolute atomic E-state index is 12.1. The summed E-state index contributed by atoms with van der Waals surface area (Å²) in [5.74, 6) is 0.739. The highest BCUT2D eigenvalue weighted by atomic mass is 16.2. The van der Waals surface area contributed by atoms with E-state index in [0.717, 1.165) is 12.6 Å². The zero-order chi connectivity index (χ0) is 15.3. The standard InChI is InChI=1S/C17H33N3O/c1-17(2,18-3)16(21)19-12-14-10-11-20(13-14)15-8-6-4-5-7-9-15/h14-15,18H,4-13H2,1-3H3,(H,19,21)/t14-/m1/s1. The number of likely N-dealkylation sites (tertiary alicyclic amines) is 1. The Kier molecular flexibility index (Phi) is 6.06. The minimum absolute atomic E-state index is 0.109. The van der Waals surface area contributed by atoms with E-state index < -0.39 is 5.54 Å². The van der Waals surface area contributed by atoms with Crippen LogP contribution < -0.4 is 10.6 Å². The Hall–Kier alpha value is -0.610. The summed E-state index contributed by atoms with van der Waals surface area (Å²) in [6.07, 6.45) is 9.64. The van der Waals surface area contributed by atoms with Crippen molar-refractivity contribution in [1.29, 1.82) is 0 Å². The number of rotatable bonds is 5. The first-order valence-electron chi connectivity index (χ1n) is 8.74. The van der Waals surface area contributed by atoms with Crippen LogP contribution in [0.5, 0.6) is 0 Å². The van der Waals surface area contributed by atoms with Gasteiger partial charge in [0.15, 0.2) is 0 Å². The smallest absolute Gasteiger partial charge is 0.239 e. The molecule has 1 heterocycles. The maximum Gasteiger partial charge on any atom is 0.239 e. The zero-order valence-corrected chi connectivity index (χ0v) is 14.1. The Morgan fingerprint density at radius 2 is 1.81 bits per heavy atom. The molecule has 0 aromatic heterocycles. The second-order valence-corrected chi connectivity index (χ2v) is 7.38. The molecule has 4 heteroatoms. The summed E-state index contributed by atoms with van der Waals surface area (Å²) < 4.78 is 0. The Balaban J connectivity index is 1.73. The van der Waals surface area contributed by atoms with Gasteiger partial charge >= 0.3 is 0 Å². The molecule has 1 aliphatic heterocycles. The molecule has 2 aliphatic rings. The van der Waals surface area contributed by atoms with Crippen molar-refractivity contribution in [3.8, 4) is 0 Å². The largest absolute Gasteiger partial charge is 0.354 e. The van der Waals surface area contributed by atoms with Crippen molar-refractivity contribution in [1.82, 2.24) is 15.5 Å². The number of hydrogen-bond acceptors (Lipinski definition) is 3. The monoisotopic (exact) mass is 295 g/mol. The van der Waals surface area contributed by atoms with Crippen molar-refractivity contribution >= 4 is 5.91 Å². The van der Waals surface area contributed by atoms with Gasteiger partial charge in [0, 0.05) is 19.1 Å². The number of amides is 1. The SMILES string of the molecule is CNC(C)(C)C(=O)NC[C@H]1CCN(C2CCCCCC2)C1. The van der Waals surface area contributed by atoms with Gasteiger partial charge in [-0.1, -0.05) is 25.7 Å². The second kappa shape index (κ2) is 7.59. The van der Waals surface area contributed by atoms with Crippen LogP contribution in [0.25, 0.3) is 0 Å². The van der Waals surface area contributed by atoms with Crippen molar-refractivity contribution in [3.05, 3.63) is 0 Å². The predicted octanol–water partition coefficient (Wildman–Crippen LogP) is 2.15. The molecular weight excluding hydrogens is 262 g/mol. The van der Waals surface area contributed by atoms with Gasteiger partial charge in [0.1, 0.15) is 0 Å². The molecule has 2 rings (SSSR count). The third-order valence-corrected chi connectivity index (χ3v) is 5.40. The number of hydrogen-bond donors (Lipinski definition) is 2. The van der Waals surface area contributed by atoms with Gasteiger partial charge in [-0.05, 0) is 52.6 Å². The Labute approximate surface area is 130 Å². The van der Waals surface area contributed by atoms with E-state index in [4.69, 9.17) is 0 Å². The topological polar surface area (TPSA) is 44.4 Å². The molecule has 0 unspecified atom stereocenters. The Morgan fingerprint density at radius 1 is 1.14 bits per heavy atom. The molecule has 1 amide bonds. The molecule has 1 atom stereocenters. The summed E-state index contributed by atoms with van der Waals surface area (Å²) in [6.45, 7) is 7.07. The highest BCUT2D eigenvalue weighted by Gasteiger charge is 2.30. The summed E-state index contributed by atoms with van der Waals surface area (Å²) in [7, 11) is 1.84. The van der Waals surface area contributed by atoms with E-state index in [1.807, 2.05) is 20.9 Å². The van der Waals surface area contributed by atoms with Gasteiger partial charge in [-0.2, -0.15) is 0 Å². The fourth-order valence-electron chi connectivity index (χ4n) is 3.56. The molecule has 0 bridgehead atoms. The first kappa shape index (κ1) is 16.8. The molecule has 2 N–H and O–H groups in total. The summed E-state index contributed by atoms with van der Waals surface area (Å²) in [4.78, 5) is 14.8. The van der Waals surface area contributed by atoms with Gasteiger partial charge in [-0.25, -0.2) is 0 Å². The van der Waals surface area contributed by atoms with Gasteiger partial charge in [-0.3, -0.25) is 4.79 Å². The van der Waals surface area contributed by atoms with Gasteiger partial charge < -0.3 is 15.5 Å². The maximum atomic E-state index is 12.1. The van der Waals surface area contributed by atoms with Crippen molar-refractivity contribution in [3.63, 3.8) is 0 Å².